The highest BCUT2D eigenvalue weighted by atomic mass is 79.9. The smallest absolute Gasteiger partial charge is 0.186 e. The second kappa shape index (κ2) is 5.05. The fourth-order valence-corrected chi connectivity index (χ4v) is 1.67. The molecule has 1 heterocycles. The number of nitrogens with two attached hydrogens (primary N) is 2. The van der Waals surface area contributed by atoms with Crippen molar-refractivity contribution in [3.05, 3.63) is 46.6 Å². The monoisotopic (exact) mass is 293 g/mol. The quantitative estimate of drug-likeness (QED) is 0.674. The lowest BCUT2D eigenvalue weighted by Crippen LogP contribution is -2.22. The van der Waals surface area contributed by atoms with Gasteiger partial charge < -0.3 is 15.9 Å². The van der Waals surface area contributed by atoms with E-state index in [1.165, 1.54) is 0 Å². The molecule has 0 spiro atoms. The van der Waals surface area contributed by atoms with Gasteiger partial charge in [0.1, 0.15) is 18.1 Å². The Morgan fingerprint density at radius 3 is 2.47 bits per heavy atom. The van der Waals surface area contributed by atoms with Crippen LogP contribution in [0.1, 0.15) is 5.76 Å². The van der Waals surface area contributed by atoms with Gasteiger partial charge in [0.2, 0.25) is 0 Å². The van der Waals surface area contributed by atoms with Crippen molar-refractivity contribution in [2.24, 2.45) is 16.5 Å². The molecular formula is C12H12BrN3O. The predicted molar refractivity (Wildman–Crippen MR) is 71.4 cm³/mol. The average molecular weight is 294 g/mol. The zero-order chi connectivity index (χ0) is 12.3. The summed E-state index contributed by atoms with van der Waals surface area (Å²) in [6.07, 6.45) is 0. The number of aliphatic imine (C=N–C) groups is 1. The van der Waals surface area contributed by atoms with Crippen LogP contribution in [-0.2, 0) is 6.54 Å². The van der Waals surface area contributed by atoms with Gasteiger partial charge in [-0.1, -0.05) is 28.1 Å². The molecule has 0 radical (unpaired) electrons. The van der Waals surface area contributed by atoms with Crippen molar-refractivity contribution in [1.29, 1.82) is 0 Å². The number of guanidine groups is 1. The number of furan rings is 1. The Labute approximate surface area is 107 Å². The Morgan fingerprint density at radius 1 is 1.12 bits per heavy atom. The van der Waals surface area contributed by atoms with Crippen LogP contribution >= 0.6 is 15.9 Å². The minimum absolute atomic E-state index is 0.0617. The molecule has 2 rings (SSSR count). The minimum atomic E-state index is 0.0617. The molecule has 2 aromatic rings. The zero-order valence-electron chi connectivity index (χ0n) is 9.06. The molecular weight excluding hydrogens is 282 g/mol. The van der Waals surface area contributed by atoms with Crippen LogP contribution in [0.4, 0.5) is 0 Å². The first-order valence-corrected chi connectivity index (χ1v) is 5.84. The fourth-order valence-electron chi connectivity index (χ4n) is 1.40. The summed E-state index contributed by atoms with van der Waals surface area (Å²) in [5, 5.41) is 0. The van der Waals surface area contributed by atoms with Crippen molar-refractivity contribution in [2.75, 3.05) is 0 Å². The normalized spacial score (nSPS) is 10.2. The molecule has 1 aromatic carbocycles. The second-order valence-electron chi connectivity index (χ2n) is 3.51. The van der Waals surface area contributed by atoms with Crippen LogP contribution in [0, 0.1) is 0 Å². The Balaban J connectivity index is 2.18. The molecule has 0 unspecified atom stereocenters. The molecule has 0 aliphatic rings. The number of benzene rings is 1. The van der Waals surface area contributed by atoms with E-state index in [9.17, 15) is 0 Å². The van der Waals surface area contributed by atoms with E-state index in [4.69, 9.17) is 15.9 Å². The molecule has 0 aliphatic heterocycles. The standard InChI is InChI=1S/C12H12BrN3O/c13-9-3-1-8(2-4-9)11-6-5-10(17-11)7-16-12(14)15/h1-6H,7H2,(H4,14,15,16). The zero-order valence-corrected chi connectivity index (χ0v) is 10.6. The summed E-state index contributed by atoms with van der Waals surface area (Å²) in [6.45, 7) is 0.360. The Morgan fingerprint density at radius 2 is 1.82 bits per heavy atom. The van der Waals surface area contributed by atoms with Crippen LogP contribution in [0.3, 0.4) is 0 Å². The molecule has 1 aromatic heterocycles. The number of rotatable bonds is 3. The second-order valence-corrected chi connectivity index (χ2v) is 4.43. The lowest BCUT2D eigenvalue weighted by atomic mass is 10.2. The summed E-state index contributed by atoms with van der Waals surface area (Å²) in [6, 6.07) is 11.7. The molecule has 5 heteroatoms. The van der Waals surface area contributed by atoms with E-state index in [-0.39, 0.29) is 5.96 Å². The van der Waals surface area contributed by atoms with Crippen LogP contribution in [0.2, 0.25) is 0 Å². The molecule has 88 valence electrons. The van der Waals surface area contributed by atoms with Gasteiger partial charge in [-0.15, -0.1) is 0 Å². The van der Waals surface area contributed by atoms with Crippen molar-refractivity contribution in [2.45, 2.75) is 6.54 Å². The molecule has 0 amide bonds. The summed E-state index contributed by atoms with van der Waals surface area (Å²) in [7, 11) is 0. The molecule has 0 atom stereocenters. The van der Waals surface area contributed by atoms with Gasteiger partial charge in [0.15, 0.2) is 5.96 Å². The van der Waals surface area contributed by atoms with Gasteiger partial charge in [-0.25, -0.2) is 4.99 Å². The highest BCUT2D eigenvalue weighted by molar-refractivity contribution is 9.10. The van der Waals surface area contributed by atoms with E-state index in [1.807, 2.05) is 36.4 Å². The van der Waals surface area contributed by atoms with Crippen molar-refractivity contribution < 1.29 is 4.42 Å². The number of hydrogen-bond donors (Lipinski definition) is 2. The van der Waals surface area contributed by atoms with Gasteiger partial charge in [-0.05, 0) is 24.3 Å². The predicted octanol–water partition coefficient (Wildman–Crippen LogP) is 2.48. The Bertz CT molecular complexity index is 527. The molecule has 0 fully saturated rings. The summed E-state index contributed by atoms with van der Waals surface area (Å²) in [5.74, 6) is 1.60. The lowest BCUT2D eigenvalue weighted by Gasteiger charge is -1.97. The molecule has 0 aliphatic carbocycles. The molecule has 4 N–H and O–H groups in total. The highest BCUT2D eigenvalue weighted by Gasteiger charge is 2.04. The van der Waals surface area contributed by atoms with E-state index in [1.54, 1.807) is 0 Å². The lowest BCUT2D eigenvalue weighted by molar-refractivity contribution is 0.525. The van der Waals surface area contributed by atoms with Crippen LogP contribution in [0.15, 0.2) is 50.3 Å². The maximum atomic E-state index is 5.63. The number of nitrogens with zero attached hydrogens (tertiary/aromatic N) is 1. The molecule has 17 heavy (non-hydrogen) atoms. The third kappa shape index (κ3) is 3.10. The maximum absolute atomic E-state index is 5.63. The SMILES string of the molecule is NC(N)=NCc1ccc(-c2ccc(Br)cc2)o1. The van der Waals surface area contributed by atoms with Crippen molar-refractivity contribution >= 4 is 21.9 Å². The van der Waals surface area contributed by atoms with Crippen molar-refractivity contribution in [3.8, 4) is 11.3 Å². The average Bonchev–Trinajstić information content (AvgIpc) is 2.76. The summed E-state index contributed by atoms with van der Waals surface area (Å²) in [4.78, 5) is 3.89. The maximum Gasteiger partial charge on any atom is 0.186 e. The molecule has 0 saturated carbocycles. The summed E-state index contributed by atoms with van der Waals surface area (Å²) >= 11 is 3.39. The summed E-state index contributed by atoms with van der Waals surface area (Å²) in [5.41, 5.74) is 11.5. The molecule has 0 bridgehead atoms. The number of hydrogen-bond acceptors (Lipinski definition) is 2. The van der Waals surface area contributed by atoms with Gasteiger partial charge in [0.05, 0.1) is 0 Å². The topological polar surface area (TPSA) is 77.5 Å². The van der Waals surface area contributed by atoms with E-state index in [0.717, 1.165) is 21.6 Å². The van der Waals surface area contributed by atoms with Crippen molar-refractivity contribution in [3.63, 3.8) is 0 Å². The molecule has 4 nitrogen and oxygen atoms in total. The minimum Gasteiger partial charge on any atom is -0.459 e. The van der Waals surface area contributed by atoms with E-state index >= 15 is 0 Å². The van der Waals surface area contributed by atoms with Crippen molar-refractivity contribution in [1.82, 2.24) is 0 Å². The summed E-state index contributed by atoms with van der Waals surface area (Å²) < 4.78 is 6.66. The number of halogens is 1. The third-order valence-electron chi connectivity index (χ3n) is 2.21. The van der Waals surface area contributed by atoms with Gasteiger partial charge in [-0.3, -0.25) is 0 Å². The van der Waals surface area contributed by atoms with E-state index in [0.29, 0.717) is 6.54 Å². The van der Waals surface area contributed by atoms with Crippen LogP contribution < -0.4 is 11.5 Å². The van der Waals surface area contributed by atoms with Gasteiger partial charge in [0.25, 0.3) is 0 Å². The first kappa shape index (κ1) is 11.7. The van der Waals surface area contributed by atoms with Gasteiger partial charge in [0, 0.05) is 10.0 Å². The molecule has 0 saturated heterocycles. The third-order valence-corrected chi connectivity index (χ3v) is 2.74. The van der Waals surface area contributed by atoms with Gasteiger partial charge >= 0.3 is 0 Å². The Hall–Kier alpha value is -1.75. The van der Waals surface area contributed by atoms with E-state index in [2.05, 4.69) is 20.9 Å². The first-order chi connectivity index (χ1) is 8.15. The van der Waals surface area contributed by atoms with Crippen LogP contribution in [0.25, 0.3) is 11.3 Å². The van der Waals surface area contributed by atoms with Gasteiger partial charge in [-0.2, -0.15) is 0 Å². The fraction of sp³-hybridized carbons (Fsp3) is 0.0833. The van der Waals surface area contributed by atoms with E-state index < -0.39 is 0 Å². The Kier molecular flexibility index (Phi) is 3.49. The largest absolute Gasteiger partial charge is 0.459 e. The first-order valence-electron chi connectivity index (χ1n) is 5.05. The van der Waals surface area contributed by atoms with Crippen LogP contribution in [-0.4, -0.2) is 5.96 Å². The highest BCUT2D eigenvalue weighted by Crippen LogP contribution is 2.24. The van der Waals surface area contributed by atoms with Crippen LogP contribution in [0.5, 0.6) is 0 Å².